The number of tetrazole rings is 1. The lowest BCUT2D eigenvalue weighted by Gasteiger charge is -2.42. The van der Waals surface area contributed by atoms with Crippen molar-refractivity contribution in [3.05, 3.63) is 53.9 Å². The summed E-state index contributed by atoms with van der Waals surface area (Å²) in [6.45, 7) is 12.5. The van der Waals surface area contributed by atoms with E-state index in [1.54, 1.807) is 71.0 Å². The van der Waals surface area contributed by atoms with Gasteiger partial charge in [-0.05, 0) is 117 Å². The van der Waals surface area contributed by atoms with Gasteiger partial charge in [0.2, 0.25) is 5.79 Å². The number of allylic oxidation sites excluding steroid dienone is 6. The van der Waals surface area contributed by atoms with Gasteiger partial charge in [-0.3, -0.25) is 19.2 Å². The van der Waals surface area contributed by atoms with Crippen LogP contribution in [0, 0.1) is 35.5 Å². The van der Waals surface area contributed by atoms with Gasteiger partial charge < -0.3 is 39.2 Å². The van der Waals surface area contributed by atoms with Gasteiger partial charge in [0.25, 0.3) is 11.7 Å². The summed E-state index contributed by atoms with van der Waals surface area (Å²) in [5.41, 5.74) is 1.00. The van der Waals surface area contributed by atoms with Crippen LogP contribution < -0.4 is 0 Å². The average Bonchev–Trinajstić information content (AvgIpc) is 3.86. The lowest BCUT2D eigenvalue weighted by molar-refractivity contribution is -0.265. The minimum absolute atomic E-state index is 0.00720. The SMILES string of the molecule is CO[C@@H]1C[C@H](C[C@@H](C)[C@@H]2CC(=O)[C@H](C)/C=C(\C)[C@@H](O)[C@@H](OC)C(=O)[C@H](C)C[C@H](C)/C=C/C=C/C=C(\C)[C@@H](O)C[C@@H]3CC[C@@H](C)[C@@](O)(O3)C(=O)C(=O)N3CCCC[C@H]3C(=O)O2)CC[C@H]1n1cnnn1. The standard InChI is InChI=1S/C51H77N5O12/c1-30-15-11-10-12-16-31(2)41(57)27-38-20-18-36(7)51(64,68-38)48(61)49(62)55-22-14-13-17-40(55)50(63)67-43(33(4)25-37-19-21-39(44(26-37)65-8)56-29-52-53-54-56)28-42(58)32(3)24-35(6)46(60)47(66-9)45(59)34(5)23-30/h10-12,15-16,24,29-30,32-34,36-41,43-44,46-47,57,60,64H,13-14,17-23,25-28H2,1-9H3/b12-10+,15-11+,31-16+,35-24+/t30-,32-,33-,34-,36-,37+,38+,39-,40+,41+,43+,44-,46-,47+,51-/m1/s1. The number of carbonyl (C=O) groups excluding carboxylic acids is 5. The predicted molar refractivity (Wildman–Crippen MR) is 251 cm³/mol. The maximum absolute atomic E-state index is 14.5. The fraction of sp³-hybridized carbons (Fsp3) is 0.725. The number of hydrogen-bond acceptors (Lipinski definition) is 15. The number of aromatic nitrogens is 4. The second-order valence-electron chi connectivity index (χ2n) is 20.2. The van der Waals surface area contributed by atoms with Crippen LogP contribution >= 0.6 is 0 Å². The van der Waals surface area contributed by atoms with Crippen molar-refractivity contribution in [1.82, 2.24) is 25.1 Å². The number of carbonyl (C=O) groups is 5. The van der Waals surface area contributed by atoms with Gasteiger partial charge >= 0.3 is 5.97 Å². The van der Waals surface area contributed by atoms with Crippen molar-refractivity contribution in [3.63, 3.8) is 0 Å². The zero-order valence-electron chi connectivity index (χ0n) is 41.6. The summed E-state index contributed by atoms with van der Waals surface area (Å²) < 4.78 is 25.5. The molecule has 1 aromatic rings. The highest BCUT2D eigenvalue weighted by molar-refractivity contribution is 6.39. The highest BCUT2D eigenvalue weighted by Gasteiger charge is 2.53. The largest absolute Gasteiger partial charge is 0.460 e. The smallest absolute Gasteiger partial charge is 0.329 e. The van der Waals surface area contributed by atoms with E-state index in [0.29, 0.717) is 56.1 Å². The van der Waals surface area contributed by atoms with Crippen LogP contribution in [0.3, 0.4) is 0 Å². The summed E-state index contributed by atoms with van der Waals surface area (Å²) >= 11 is 0. The molecule has 1 aromatic heterocycles. The lowest BCUT2D eigenvalue weighted by atomic mass is 9.77. The fourth-order valence-corrected chi connectivity index (χ4v) is 10.5. The quantitative estimate of drug-likeness (QED) is 0.184. The molecule has 0 radical (unpaired) electrons. The third-order valence-corrected chi connectivity index (χ3v) is 14.9. The molecule has 15 atom stereocenters. The molecule has 3 fully saturated rings. The Labute approximate surface area is 401 Å². The van der Waals surface area contributed by atoms with Gasteiger partial charge in [0.15, 0.2) is 5.78 Å². The number of amides is 1. The molecule has 5 rings (SSSR count). The average molecular weight is 952 g/mol. The van der Waals surface area contributed by atoms with Gasteiger partial charge in [-0.1, -0.05) is 71.1 Å². The number of esters is 1. The van der Waals surface area contributed by atoms with Crippen molar-refractivity contribution in [2.45, 2.75) is 180 Å². The monoisotopic (exact) mass is 952 g/mol. The zero-order chi connectivity index (χ0) is 49.9. The van der Waals surface area contributed by atoms with Crippen LogP contribution in [-0.2, 0) is 42.9 Å². The number of fused-ring (bicyclic) bond motifs is 3. The molecule has 1 amide bonds. The molecule has 17 heteroatoms. The Morgan fingerprint density at radius 3 is 2.34 bits per heavy atom. The van der Waals surface area contributed by atoms with Gasteiger partial charge in [-0.25, -0.2) is 9.48 Å². The third-order valence-electron chi connectivity index (χ3n) is 14.9. The second kappa shape index (κ2) is 25.0. The molecule has 4 aliphatic rings. The van der Waals surface area contributed by atoms with Gasteiger partial charge in [-0.2, -0.15) is 0 Å². The third kappa shape index (κ3) is 13.7. The van der Waals surface area contributed by atoms with Crippen LogP contribution in [0.5, 0.6) is 0 Å². The fourth-order valence-electron chi connectivity index (χ4n) is 10.5. The zero-order valence-corrected chi connectivity index (χ0v) is 41.6. The molecule has 3 N–H and O–H groups in total. The maximum Gasteiger partial charge on any atom is 0.329 e. The molecule has 17 nitrogen and oxygen atoms in total. The topological polar surface area (TPSA) is 230 Å². The molecule has 3 aliphatic heterocycles. The van der Waals surface area contributed by atoms with E-state index in [0.717, 1.165) is 12.8 Å². The summed E-state index contributed by atoms with van der Waals surface area (Å²) in [5, 5.41) is 46.2. The molecule has 2 saturated heterocycles. The normalized spacial score (nSPS) is 39.1. The van der Waals surface area contributed by atoms with Crippen LogP contribution in [0.25, 0.3) is 0 Å². The number of rotatable bonds is 6. The highest BCUT2D eigenvalue weighted by Crippen LogP contribution is 2.39. The molecule has 0 unspecified atom stereocenters. The molecular weight excluding hydrogens is 875 g/mol. The predicted octanol–water partition coefficient (Wildman–Crippen LogP) is 5.39. The molecule has 68 heavy (non-hydrogen) atoms. The minimum Gasteiger partial charge on any atom is -0.460 e. The van der Waals surface area contributed by atoms with E-state index >= 15 is 0 Å². The van der Waals surface area contributed by atoms with Gasteiger partial charge in [0.1, 0.15) is 36.5 Å². The van der Waals surface area contributed by atoms with Gasteiger partial charge in [0.05, 0.1) is 24.4 Å². The van der Waals surface area contributed by atoms with Crippen LogP contribution in [0.1, 0.15) is 132 Å². The number of aliphatic hydroxyl groups excluding tert-OH is 2. The summed E-state index contributed by atoms with van der Waals surface area (Å²) in [7, 11) is 3.02. The van der Waals surface area contributed by atoms with E-state index in [9.17, 15) is 39.3 Å². The first-order valence-electron chi connectivity index (χ1n) is 24.7. The molecule has 0 spiro atoms. The Bertz CT molecular complexity index is 2000. The summed E-state index contributed by atoms with van der Waals surface area (Å²) in [6, 6.07) is -1.22. The van der Waals surface area contributed by atoms with Crippen molar-refractivity contribution >= 4 is 29.2 Å². The Morgan fingerprint density at radius 2 is 1.65 bits per heavy atom. The number of piperidine rings is 1. The Morgan fingerprint density at radius 1 is 0.897 bits per heavy atom. The number of Topliss-reactive ketones (excluding diaryl/α,β-unsaturated/α-hetero) is 3. The number of ether oxygens (including phenoxy) is 4. The van der Waals surface area contributed by atoms with E-state index in [1.165, 1.54) is 12.0 Å². The van der Waals surface area contributed by atoms with E-state index in [-0.39, 0.29) is 67.3 Å². The van der Waals surface area contributed by atoms with Crippen molar-refractivity contribution in [2.75, 3.05) is 20.8 Å². The number of methoxy groups -OCH3 is 2. The Kier molecular flexibility index (Phi) is 20.1. The van der Waals surface area contributed by atoms with E-state index in [2.05, 4.69) is 15.5 Å². The number of ketones is 3. The van der Waals surface area contributed by atoms with Crippen LogP contribution in [-0.4, -0.2) is 139 Å². The highest BCUT2D eigenvalue weighted by atomic mass is 16.6. The molecule has 4 heterocycles. The van der Waals surface area contributed by atoms with Crippen LogP contribution in [0.15, 0.2) is 53.9 Å². The first-order chi connectivity index (χ1) is 32.3. The molecule has 1 aliphatic carbocycles. The summed E-state index contributed by atoms with van der Waals surface area (Å²) in [6.07, 6.45) is 12.3. The minimum atomic E-state index is -2.49. The lowest BCUT2D eigenvalue weighted by Crippen LogP contribution is -2.61. The van der Waals surface area contributed by atoms with Crippen LogP contribution in [0.4, 0.5) is 0 Å². The number of nitrogens with zero attached hydrogens (tertiary/aromatic N) is 5. The molecular formula is C51H77N5O12. The van der Waals surface area contributed by atoms with Gasteiger partial charge in [-0.15, -0.1) is 5.10 Å². The first kappa shape index (κ1) is 54.7. The summed E-state index contributed by atoms with van der Waals surface area (Å²) in [4.78, 5) is 72.0. The summed E-state index contributed by atoms with van der Waals surface area (Å²) in [5.74, 6) is -8.20. The number of cyclic esters (lactones) is 1. The second-order valence-corrected chi connectivity index (χ2v) is 20.2. The van der Waals surface area contributed by atoms with E-state index < -0.39 is 77.8 Å². The maximum atomic E-state index is 14.5. The van der Waals surface area contributed by atoms with Gasteiger partial charge in [0, 0.05) is 51.4 Å². The van der Waals surface area contributed by atoms with Crippen molar-refractivity contribution in [3.8, 4) is 0 Å². The van der Waals surface area contributed by atoms with Crippen molar-refractivity contribution in [2.24, 2.45) is 35.5 Å². The Balaban J connectivity index is 1.45. The van der Waals surface area contributed by atoms with Crippen molar-refractivity contribution < 1.29 is 58.2 Å². The molecule has 378 valence electrons. The Hall–Kier alpha value is -4.26. The van der Waals surface area contributed by atoms with Crippen LogP contribution in [0.2, 0.25) is 0 Å². The molecule has 1 saturated carbocycles. The first-order valence-corrected chi connectivity index (χ1v) is 24.7. The van der Waals surface area contributed by atoms with E-state index in [4.69, 9.17) is 18.9 Å². The molecule has 0 aromatic carbocycles. The number of aliphatic hydroxyl groups is 3. The molecule has 2 bridgehead atoms. The number of hydrogen-bond donors (Lipinski definition) is 3. The van der Waals surface area contributed by atoms with E-state index in [1.807, 2.05) is 32.1 Å². The van der Waals surface area contributed by atoms with Crippen molar-refractivity contribution in [1.29, 1.82) is 0 Å².